The fourth-order valence-corrected chi connectivity index (χ4v) is 13.4. The van der Waals surface area contributed by atoms with E-state index in [9.17, 15) is 0 Å². The first-order chi connectivity index (χ1) is 35.3. The van der Waals surface area contributed by atoms with Gasteiger partial charge in [-0.05, 0) is 151 Å². The van der Waals surface area contributed by atoms with Crippen molar-refractivity contribution >= 4 is 74.6 Å². The van der Waals surface area contributed by atoms with Gasteiger partial charge in [-0.2, -0.15) is 0 Å². The third kappa shape index (κ3) is 6.04. The molecule has 0 N–H and O–H groups in total. The highest BCUT2D eigenvalue weighted by Crippen LogP contribution is 2.61. The lowest BCUT2D eigenvalue weighted by Crippen LogP contribution is -1.97. The smallest absolute Gasteiger partial charge is 0.0434 e. The Morgan fingerprint density at radius 3 is 1.32 bits per heavy atom. The maximum atomic E-state index is 2.50. The van der Waals surface area contributed by atoms with Crippen LogP contribution >= 0.6 is 11.3 Å². The van der Waals surface area contributed by atoms with Gasteiger partial charge in [-0.1, -0.05) is 231 Å². The zero-order valence-electron chi connectivity index (χ0n) is 38.7. The molecule has 0 radical (unpaired) electrons. The fourth-order valence-electron chi connectivity index (χ4n) is 12.2. The Balaban J connectivity index is 1.09. The molecule has 0 saturated heterocycles. The Morgan fingerprint density at radius 1 is 0.211 bits per heavy atom. The average Bonchev–Trinajstić information content (AvgIpc) is 3.99. The molecule has 0 bridgehead atoms. The van der Waals surface area contributed by atoms with Gasteiger partial charge in [0.25, 0.3) is 0 Å². The van der Waals surface area contributed by atoms with E-state index in [0.29, 0.717) is 0 Å². The third-order valence-corrected chi connectivity index (χ3v) is 16.4. The molecule has 328 valence electrons. The van der Waals surface area contributed by atoms with Gasteiger partial charge in [-0.25, -0.2) is 0 Å². The number of hydrogen-bond acceptors (Lipinski definition) is 1. The number of thiophene rings is 1. The van der Waals surface area contributed by atoms with Crippen LogP contribution in [0.25, 0.3) is 152 Å². The minimum atomic E-state index is 1.20. The molecule has 14 aromatic rings. The molecule has 1 aliphatic rings. The molecule has 71 heavy (non-hydrogen) atoms. The second kappa shape index (κ2) is 15.8. The van der Waals surface area contributed by atoms with E-state index in [-0.39, 0.29) is 0 Å². The van der Waals surface area contributed by atoms with E-state index in [1.165, 1.54) is 152 Å². The first-order valence-electron chi connectivity index (χ1n) is 24.6. The van der Waals surface area contributed by atoms with Gasteiger partial charge in [0.15, 0.2) is 0 Å². The summed E-state index contributed by atoms with van der Waals surface area (Å²) in [6.45, 7) is 0. The lowest BCUT2D eigenvalue weighted by Gasteiger charge is -2.25. The van der Waals surface area contributed by atoms with Gasteiger partial charge in [0.2, 0.25) is 0 Å². The molecule has 0 saturated carbocycles. The Labute approximate surface area is 416 Å². The fraction of sp³-hybridized carbons (Fsp3) is 0. The van der Waals surface area contributed by atoms with Crippen LogP contribution in [0.1, 0.15) is 0 Å². The molecule has 0 fully saturated rings. The molecule has 13 aromatic carbocycles. The van der Waals surface area contributed by atoms with Crippen LogP contribution in [0.3, 0.4) is 0 Å². The maximum absolute atomic E-state index is 2.50. The maximum Gasteiger partial charge on any atom is 0.0434 e. The molecule has 1 heteroatoms. The van der Waals surface area contributed by atoms with Crippen molar-refractivity contribution in [3.05, 3.63) is 255 Å². The molecular weight excluding hydrogens is 873 g/mol. The van der Waals surface area contributed by atoms with Crippen LogP contribution in [0.5, 0.6) is 0 Å². The van der Waals surface area contributed by atoms with Gasteiger partial charge >= 0.3 is 0 Å². The molecule has 0 aliphatic heterocycles. The van der Waals surface area contributed by atoms with Crippen molar-refractivity contribution in [3.63, 3.8) is 0 Å². The van der Waals surface area contributed by atoms with Crippen molar-refractivity contribution in [2.24, 2.45) is 0 Å². The van der Waals surface area contributed by atoms with E-state index >= 15 is 0 Å². The highest BCUT2D eigenvalue weighted by Gasteiger charge is 2.33. The third-order valence-electron chi connectivity index (χ3n) is 15.2. The van der Waals surface area contributed by atoms with Gasteiger partial charge in [0.1, 0.15) is 0 Å². The second-order valence-corrected chi connectivity index (χ2v) is 20.0. The molecular formula is C70H42S. The standard InChI is InChI=1S/C70H42S/c1-5-20-43(21-6-1)50-36-37-51(44-22-7-2-8-23-44)67-64(46-26-11-4-12-27-46)69-58-39-38-54(56-33-19-34-57(65(56)58)68(69)63(66(50)67)45-24-9-3-10-25-45)60-41-48(42-61-55-32-17-18-35-62(55)71-70(60)61)59-40-47-28-13-14-29-49(47)52-30-15-16-31-53(52)59/h1-42H. The number of fused-ring (bicyclic) bond motifs is 10. The van der Waals surface area contributed by atoms with Crippen molar-refractivity contribution in [1.29, 1.82) is 0 Å². The van der Waals surface area contributed by atoms with Gasteiger partial charge in [-0.15, -0.1) is 11.3 Å². The molecule has 15 rings (SSSR count). The minimum Gasteiger partial charge on any atom is -0.135 e. The molecule has 0 unspecified atom stereocenters. The predicted octanol–water partition coefficient (Wildman–Crippen LogP) is 20.3. The molecule has 0 spiro atoms. The molecule has 0 atom stereocenters. The van der Waals surface area contributed by atoms with Crippen molar-refractivity contribution in [2.45, 2.75) is 0 Å². The summed E-state index contributed by atoms with van der Waals surface area (Å²) in [5, 5.41) is 12.8. The molecule has 1 heterocycles. The molecule has 1 aromatic heterocycles. The average molecular weight is 915 g/mol. The monoisotopic (exact) mass is 914 g/mol. The normalized spacial score (nSPS) is 11.9. The summed E-state index contributed by atoms with van der Waals surface area (Å²) < 4.78 is 2.62. The SMILES string of the molecule is c1ccc(-c2ccc(-c3ccccc3)c3c(-c4ccccc4)c4c(c(-c5ccccc5)c23)-c2cccc3c(-c5cc(-c6cc7ccccc7c7ccccc67)cc6c5sc5ccccc56)ccc-4c23)cc1. The van der Waals surface area contributed by atoms with E-state index in [1.807, 2.05) is 11.3 Å². The topological polar surface area (TPSA) is 0 Å². The number of rotatable bonds is 6. The summed E-state index contributed by atoms with van der Waals surface area (Å²) in [5.74, 6) is 0. The van der Waals surface area contributed by atoms with Crippen molar-refractivity contribution in [3.8, 4) is 89.0 Å². The Morgan fingerprint density at radius 2 is 0.690 bits per heavy atom. The quantitative estimate of drug-likeness (QED) is 0.146. The van der Waals surface area contributed by atoms with Crippen molar-refractivity contribution in [1.82, 2.24) is 0 Å². The van der Waals surface area contributed by atoms with Crippen LogP contribution in [0.2, 0.25) is 0 Å². The molecule has 0 nitrogen and oxygen atoms in total. The van der Waals surface area contributed by atoms with Crippen LogP contribution < -0.4 is 0 Å². The Bertz CT molecular complexity index is 4330. The van der Waals surface area contributed by atoms with E-state index in [4.69, 9.17) is 0 Å². The largest absolute Gasteiger partial charge is 0.135 e. The zero-order valence-corrected chi connectivity index (χ0v) is 39.5. The second-order valence-electron chi connectivity index (χ2n) is 19.0. The summed E-state index contributed by atoms with van der Waals surface area (Å²) >= 11 is 1.91. The summed E-state index contributed by atoms with van der Waals surface area (Å²) in [4.78, 5) is 0. The van der Waals surface area contributed by atoms with Gasteiger partial charge in [0.05, 0.1) is 0 Å². The van der Waals surface area contributed by atoms with Gasteiger partial charge in [-0.3, -0.25) is 0 Å². The lowest BCUT2D eigenvalue weighted by atomic mass is 9.78. The molecule has 0 amide bonds. The van der Waals surface area contributed by atoms with E-state index in [0.717, 1.165) is 0 Å². The van der Waals surface area contributed by atoms with E-state index < -0.39 is 0 Å². The van der Waals surface area contributed by atoms with Crippen LogP contribution in [-0.2, 0) is 0 Å². The summed E-state index contributed by atoms with van der Waals surface area (Å²) in [5.41, 5.74) is 20.0. The number of benzene rings is 13. The summed E-state index contributed by atoms with van der Waals surface area (Å²) in [6.07, 6.45) is 0. The molecule has 1 aliphatic carbocycles. The summed E-state index contributed by atoms with van der Waals surface area (Å²) in [7, 11) is 0. The van der Waals surface area contributed by atoms with Crippen LogP contribution in [0.15, 0.2) is 255 Å². The van der Waals surface area contributed by atoms with E-state index in [2.05, 4.69) is 255 Å². The minimum absolute atomic E-state index is 1.20. The van der Waals surface area contributed by atoms with Crippen LogP contribution in [-0.4, -0.2) is 0 Å². The number of hydrogen-bond donors (Lipinski definition) is 0. The Hall–Kier alpha value is -8.88. The van der Waals surface area contributed by atoms with Gasteiger partial charge in [0, 0.05) is 25.7 Å². The highest BCUT2D eigenvalue weighted by atomic mass is 32.1. The predicted molar refractivity (Wildman–Crippen MR) is 306 cm³/mol. The highest BCUT2D eigenvalue weighted by molar-refractivity contribution is 7.26. The lowest BCUT2D eigenvalue weighted by molar-refractivity contribution is 1.59. The first kappa shape index (κ1) is 40.0. The van der Waals surface area contributed by atoms with Crippen LogP contribution in [0.4, 0.5) is 0 Å². The van der Waals surface area contributed by atoms with Crippen LogP contribution in [0, 0.1) is 0 Å². The van der Waals surface area contributed by atoms with Gasteiger partial charge < -0.3 is 0 Å². The van der Waals surface area contributed by atoms with Crippen molar-refractivity contribution < 1.29 is 0 Å². The van der Waals surface area contributed by atoms with E-state index in [1.54, 1.807) is 0 Å². The van der Waals surface area contributed by atoms with Crippen molar-refractivity contribution in [2.75, 3.05) is 0 Å². The Kier molecular flexibility index (Phi) is 8.93. The zero-order chi connectivity index (χ0) is 46.6. The first-order valence-corrected chi connectivity index (χ1v) is 25.4. The summed E-state index contributed by atoms with van der Waals surface area (Å²) in [6, 6.07) is 95.2.